The summed E-state index contributed by atoms with van der Waals surface area (Å²) in [5.41, 5.74) is 1.99. The van der Waals surface area contributed by atoms with Gasteiger partial charge in [-0.05, 0) is 61.3 Å². The number of aliphatic carboxylic acids is 1. The number of nitrogens with zero attached hydrogens (tertiary/aromatic N) is 2. The Labute approximate surface area is 170 Å². The highest BCUT2D eigenvalue weighted by Gasteiger charge is 2.36. The molecule has 0 bridgehead atoms. The van der Waals surface area contributed by atoms with Gasteiger partial charge >= 0.3 is 5.97 Å². The molecule has 5 nitrogen and oxygen atoms in total. The van der Waals surface area contributed by atoms with Crippen molar-refractivity contribution < 1.29 is 14.6 Å². The van der Waals surface area contributed by atoms with E-state index in [0.29, 0.717) is 12.8 Å². The highest BCUT2D eigenvalue weighted by atomic mass is 16.5. The van der Waals surface area contributed by atoms with E-state index in [4.69, 9.17) is 4.74 Å². The van der Waals surface area contributed by atoms with Crippen LogP contribution in [0.15, 0.2) is 79.0 Å². The third-order valence-electron chi connectivity index (χ3n) is 5.33. The predicted molar refractivity (Wildman–Crippen MR) is 111 cm³/mol. The number of carboxylic acids is 1. The fourth-order valence-corrected chi connectivity index (χ4v) is 3.98. The van der Waals surface area contributed by atoms with Crippen LogP contribution < -0.4 is 4.74 Å². The average molecular weight is 388 g/mol. The lowest BCUT2D eigenvalue weighted by Gasteiger charge is -2.31. The number of hydrogen-bond donors (Lipinski definition) is 1. The molecule has 4 rings (SSSR count). The molecule has 3 aromatic rings. The van der Waals surface area contributed by atoms with Crippen molar-refractivity contribution in [3.8, 4) is 11.5 Å². The van der Waals surface area contributed by atoms with Gasteiger partial charge in [-0.3, -0.25) is 14.7 Å². The van der Waals surface area contributed by atoms with Crippen molar-refractivity contribution in [2.75, 3.05) is 6.54 Å². The molecule has 0 radical (unpaired) electrons. The summed E-state index contributed by atoms with van der Waals surface area (Å²) in [6.45, 7) is 0.762. The van der Waals surface area contributed by atoms with Crippen molar-refractivity contribution in [2.24, 2.45) is 0 Å². The second-order valence-electron chi connectivity index (χ2n) is 7.26. The highest BCUT2D eigenvalue weighted by Crippen LogP contribution is 2.34. The molecule has 5 heteroatoms. The zero-order chi connectivity index (χ0) is 20.1. The maximum absolute atomic E-state index is 11.8. The molecule has 1 aliphatic heterocycles. The molecule has 148 valence electrons. The number of hydrogen-bond acceptors (Lipinski definition) is 4. The molecule has 2 aromatic carbocycles. The van der Waals surface area contributed by atoms with Crippen molar-refractivity contribution in [3.05, 3.63) is 90.3 Å². The zero-order valence-corrected chi connectivity index (χ0v) is 16.1. The second-order valence-corrected chi connectivity index (χ2v) is 7.26. The molecule has 2 heterocycles. The molecule has 0 amide bonds. The van der Waals surface area contributed by atoms with Crippen molar-refractivity contribution in [1.29, 1.82) is 0 Å². The number of pyridine rings is 1. The summed E-state index contributed by atoms with van der Waals surface area (Å²) < 4.78 is 6.01. The van der Waals surface area contributed by atoms with E-state index in [1.165, 1.54) is 0 Å². The summed E-state index contributed by atoms with van der Waals surface area (Å²) in [5.74, 6) is 0.756. The molecule has 2 unspecified atom stereocenters. The summed E-state index contributed by atoms with van der Waals surface area (Å²) in [6, 6.07) is 22.9. The predicted octanol–water partition coefficient (Wildman–Crippen LogP) is 4.71. The molecule has 0 spiro atoms. The molecular formula is C24H24N2O3. The minimum atomic E-state index is -0.759. The van der Waals surface area contributed by atoms with Gasteiger partial charge < -0.3 is 9.84 Å². The SMILES string of the molecule is O=C(O)C1CCCN1C(Cc1ccccn1)c1cccc(Oc2ccccc2)c1. The van der Waals surface area contributed by atoms with Crippen molar-refractivity contribution in [2.45, 2.75) is 31.3 Å². The van der Waals surface area contributed by atoms with Gasteiger partial charge in [0.25, 0.3) is 0 Å². The van der Waals surface area contributed by atoms with Gasteiger partial charge in [0.15, 0.2) is 0 Å². The van der Waals surface area contributed by atoms with Crippen LogP contribution in [-0.4, -0.2) is 33.5 Å². The van der Waals surface area contributed by atoms with E-state index in [-0.39, 0.29) is 6.04 Å². The number of rotatable bonds is 7. The summed E-state index contributed by atoms with van der Waals surface area (Å²) in [4.78, 5) is 18.4. The highest BCUT2D eigenvalue weighted by molar-refractivity contribution is 5.74. The molecule has 1 aliphatic rings. The van der Waals surface area contributed by atoms with Gasteiger partial charge in [-0.15, -0.1) is 0 Å². The van der Waals surface area contributed by atoms with E-state index in [0.717, 1.165) is 35.7 Å². The summed E-state index contributed by atoms with van der Waals surface area (Å²) in [6.07, 6.45) is 3.99. The quantitative estimate of drug-likeness (QED) is 0.635. The van der Waals surface area contributed by atoms with Gasteiger partial charge in [0.05, 0.1) is 0 Å². The Morgan fingerprint density at radius 1 is 1.07 bits per heavy atom. The normalized spacial score (nSPS) is 17.7. The number of para-hydroxylation sites is 1. The largest absolute Gasteiger partial charge is 0.480 e. The van der Waals surface area contributed by atoms with Gasteiger partial charge in [-0.2, -0.15) is 0 Å². The first kappa shape index (κ1) is 19.2. The van der Waals surface area contributed by atoms with Crippen LogP contribution in [0.5, 0.6) is 11.5 Å². The average Bonchev–Trinajstić information content (AvgIpc) is 3.24. The molecule has 29 heavy (non-hydrogen) atoms. The molecule has 1 aromatic heterocycles. The number of carboxylic acid groups (broad SMARTS) is 1. The number of likely N-dealkylation sites (tertiary alicyclic amines) is 1. The Kier molecular flexibility index (Phi) is 5.86. The van der Waals surface area contributed by atoms with E-state index in [1.54, 1.807) is 6.20 Å². The summed E-state index contributed by atoms with van der Waals surface area (Å²) in [7, 11) is 0. The maximum atomic E-state index is 11.8. The molecular weight excluding hydrogens is 364 g/mol. The first-order valence-electron chi connectivity index (χ1n) is 9.92. The van der Waals surface area contributed by atoms with Crippen molar-refractivity contribution >= 4 is 5.97 Å². The van der Waals surface area contributed by atoms with Crippen LogP contribution in [0.25, 0.3) is 0 Å². The fraction of sp³-hybridized carbons (Fsp3) is 0.250. The lowest BCUT2D eigenvalue weighted by atomic mass is 9.98. The van der Waals surface area contributed by atoms with Crippen LogP contribution in [0, 0.1) is 0 Å². The van der Waals surface area contributed by atoms with Gasteiger partial charge in [-0.25, -0.2) is 0 Å². The lowest BCUT2D eigenvalue weighted by molar-refractivity contribution is -0.143. The molecule has 0 aliphatic carbocycles. The lowest BCUT2D eigenvalue weighted by Crippen LogP contribution is -2.39. The second kappa shape index (κ2) is 8.88. The Morgan fingerprint density at radius 3 is 2.62 bits per heavy atom. The minimum Gasteiger partial charge on any atom is -0.480 e. The van der Waals surface area contributed by atoms with Crippen LogP contribution in [-0.2, 0) is 11.2 Å². The minimum absolute atomic E-state index is 0.0761. The molecule has 1 N–H and O–H groups in total. The molecule has 2 atom stereocenters. The zero-order valence-electron chi connectivity index (χ0n) is 16.1. The van der Waals surface area contributed by atoms with Gasteiger partial charge in [0.1, 0.15) is 17.5 Å². The Bertz CT molecular complexity index is 947. The van der Waals surface area contributed by atoms with Gasteiger partial charge in [-0.1, -0.05) is 36.4 Å². The van der Waals surface area contributed by atoms with E-state index >= 15 is 0 Å². The third kappa shape index (κ3) is 4.63. The Balaban J connectivity index is 1.65. The van der Waals surface area contributed by atoms with E-state index in [1.807, 2.05) is 72.8 Å². The third-order valence-corrected chi connectivity index (χ3v) is 5.33. The van der Waals surface area contributed by atoms with E-state index in [9.17, 15) is 9.90 Å². The van der Waals surface area contributed by atoms with Crippen LogP contribution in [0.4, 0.5) is 0 Å². The molecule has 1 fully saturated rings. The standard InChI is InChI=1S/C24H24N2O3/c27-24(28)22-13-7-15-26(22)23(17-19-9-4-5-14-25-19)18-8-6-12-21(16-18)29-20-10-2-1-3-11-20/h1-6,8-12,14,16,22-23H,7,13,15,17H2,(H,27,28). The number of benzene rings is 2. The van der Waals surface area contributed by atoms with Crippen molar-refractivity contribution in [3.63, 3.8) is 0 Å². The van der Waals surface area contributed by atoms with Crippen molar-refractivity contribution in [1.82, 2.24) is 9.88 Å². The maximum Gasteiger partial charge on any atom is 0.320 e. The number of carbonyl (C=O) groups is 1. The van der Waals surface area contributed by atoms with Gasteiger partial charge in [0.2, 0.25) is 0 Å². The number of aromatic nitrogens is 1. The first-order chi connectivity index (χ1) is 14.2. The van der Waals surface area contributed by atoms with Crippen LogP contribution in [0.3, 0.4) is 0 Å². The fourth-order valence-electron chi connectivity index (χ4n) is 3.98. The van der Waals surface area contributed by atoms with E-state index in [2.05, 4.69) is 9.88 Å². The van der Waals surface area contributed by atoms with Crippen LogP contribution in [0.2, 0.25) is 0 Å². The van der Waals surface area contributed by atoms with E-state index < -0.39 is 12.0 Å². The molecule has 0 saturated carbocycles. The monoisotopic (exact) mass is 388 g/mol. The Morgan fingerprint density at radius 2 is 1.86 bits per heavy atom. The number of ether oxygens (including phenoxy) is 1. The topological polar surface area (TPSA) is 62.7 Å². The molecule has 1 saturated heterocycles. The summed E-state index contributed by atoms with van der Waals surface area (Å²) >= 11 is 0. The smallest absolute Gasteiger partial charge is 0.320 e. The van der Waals surface area contributed by atoms with Crippen LogP contribution >= 0.6 is 0 Å². The van der Waals surface area contributed by atoms with Gasteiger partial charge in [0, 0.05) is 24.4 Å². The summed E-state index contributed by atoms with van der Waals surface area (Å²) in [5, 5.41) is 9.71. The first-order valence-corrected chi connectivity index (χ1v) is 9.92. The Hall–Kier alpha value is -3.18. The van der Waals surface area contributed by atoms with Crippen LogP contribution in [0.1, 0.15) is 30.1 Å².